The molecule has 0 unspecified atom stereocenters. The molecule has 0 aromatic heterocycles. The first-order valence-electron chi connectivity index (χ1n) is 10.00. The van der Waals surface area contributed by atoms with E-state index < -0.39 is 10.0 Å². The van der Waals surface area contributed by atoms with E-state index in [0.29, 0.717) is 35.5 Å². The Morgan fingerprint density at radius 2 is 1.89 bits per heavy atom. The second-order valence-electron chi connectivity index (χ2n) is 7.18. The zero-order valence-corrected chi connectivity index (χ0v) is 18.9. The third-order valence-corrected chi connectivity index (χ3v) is 8.10. The number of nitrogens with zero attached hydrogens (tertiary/aromatic N) is 1. The Morgan fingerprint density at radius 3 is 2.46 bits per heavy atom. The van der Waals surface area contributed by atoms with Gasteiger partial charge < -0.3 is 10.1 Å². The van der Waals surface area contributed by atoms with Gasteiger partial charge in [0.15, 0.2) is 0 Å². The molecule has 0 radical (unpaired) electrons. The van der Waals surface area contributed by atoms with E-state index in [1.165, 1.54) is 29.3 Å². The quantitative estimate of drug-likeness (QED) is 0.607. The molecule has 0 heterocycles. The number of nitrogens with one attached hydrogen (secondary N) is 1. The van der Waals surface area contributed by atoms with Gasteiger partial charge in [0.2, 0.25) is 15.9 Å². The Balaban J connectivity index is 2.21. The highest BCUT2D eigenvalue weighted by atomic mass is 32.2. The summed E-state index contributed by atoms with van der Waals surface area (Å²) in [4.78, 5) is 12.6. The molecule has 0 spiro atoms. The van der Waals surface area contributed by atoms with Crippen molar-refractivity contribution in [2.24, 2.45) is 0 Å². The predicted molar refractivity (Wildman–Crippen MR) is 116 cm³/mol. The van der Waals surface area contributed by atoms with Crippen molar-refractivity contribution in [2.75, 3.05) is 24.2 Å². The third kappa shape index (κ3) is 6.12. The summed E-state index contributed by atoms with van der Waals surface area (Å²) < 4.78 is 32.8. The van der Waals surface area contributed by atoms with Crippen molar-refractivity contribution in [1.29, 1.82) is 0 Å². The molecule has 158 valence electrons. The summed E-state index contributed by atoms with van der Waals surface area (Å²) in [6.45, 7) is 8.18. The van der Waals surface area contributed by atoms with Gasteiger partial charge >= 0.3 is 0 Å². The first-order chi connectivity index (χ1) is 13.3. The largest absolute Gasteiger partial charge is 0.489 e. The molecule has 8 heteroatoms. The van der Waals surface area contributed by atoms with Crippen molar-refractivity contribution in [2.45, 2.75) is 69.6 Å². The number of carbonyl (C=O) groups excluding carboxylic acids is 1. The number of sulfonamides is 1. The smallest absolute Gasteiger partial charge is 0.243 e. The fraction of sp³-hybridized carbons (Fsp3) is 0.650. The van der Waals surface area contributed by atoms with Gasteiger partial charge in [0.05, 0.1) is 22.4 Å². The van der Waals surface area contributed by atoms with Gasteiger partial charge in [-0.1, -0.05) is 26.7 Å². The van der Waals surface area contributed by atoms with Crippen LogP contribution >= 0.6 is 11.8 Å². The molecule has 1 aromatic carbocycles. The van der Waals surface area contributed by atoms with E-state index in [1.54, 1.807) is 31.7 Å². The Kier molecular flexibility index (Phi) is 8.64. The molecule has 0 saturated heterocycles. The molecular formula is C20H32N2O4S2. The van der Waals surface area contributed by atoms with Gasteiger partial charge in [-0.3, -0.25) is 4.79 Å². The van der Waals surface area contributed by atoms with Crippen molar-refractivity contribution in [1.82, 2.24) is 4.31 Å². The zero-order valence-electron chi connectivity index (χ0n) is 17.2. The molecular weight excluding hydrogens is 396 g/mol. The number of rotatable bonds is 10. The number of carbonyl (C=O) groups is 1. The van der Waals surface area contributed by atoms with Crippen molar-refractivity contribution in [3.63, 3.8) is 0 Å². The molecule has 1 saturated carbocycles. The van der Waals surface area contributed by atoms with Crippen molar-refractivity contribution in [3.05, 3.63) is 18.2 Å². The van der Waals surface area contributed by atoms with E-state index in [4.69, 9.17) is 4.74 Å². The fourth-order valence-electron chi connectivity index (χ4n) is 3.27. The number of thioether (sulfide) groups is 1. The van der Waals surface area contributed by atoms with Crippen LogP contribution in [0.25, 0.3) is 0 Å². The topological polar surface area (TPSA) is 75.7 Å². The Hall–Kier alpha value is -1.25. The average Bonchev–Trinajstić information content (AvgIpc) is 3.15. The van der Waals surface area contributed by atoms with Crippen molar-refractivity contribution < 1.29 is 17.9 Å². The summed E-state index contributed by atoms with van der Waals surface area (Å²) >= 11 is 1.67. The average molecular weight is 429 g/mol. The first-order valence-corrected chi connectivity index (χ1v) is 12.5. The van der Waals surface area contributed by atoms with Gasteiger partial charge in [-0.2, -0.15) is 4.31 Å². The predicted octanol–water partition coefficient (Wildman–Crippen LogP) is 4.12. The molecule has 2 rings (SSSR count). The highest BCUT2D eigenvalue weighted by Gasteiger charge is 2.24. The molecule has 0 bridgehead atoms. The summed E-state index contributed by atoms with van der Waals surface area (Å²) in [6, 6.07) is 4.66. The van der Waals surface area contributed by atoms with Gasteiger partial charge in [-0.25, -0.2) is 8.42 Å². The van der Waals surface area contributed by atoms with E-state index in [1.807, 2.05) is 13.8 Å². The van der Waals surface area contributed by atoms with Gasteiger partial charge in [0, 0.05) is 18.3 Å². The first kappa shape index (κ1) is 23.0. The van der Waals surface area contributed by atoms with Gasteiger partial charge in [0.25, 0.3) is 0 Å². The summed E-state index contributed by atoms with van der Waals surface area (Å²) in [5, 5.41) is 3.41. The molecule has 1 aliphatic rings. The van der Waals surface area contributed by atoms with Crippen molar-refractivity contribution >= 4 is 33.4 Å². The van der Waals surface area contributed by atoms with Crippen LogP contribution < -0.4 is 10.1 Å². The molecule has 1 aromatic rings. The molecule has 1 fully saturated rings. The number of hydrogen-bond donors (Lipinski definition) is 1. The fourth-order valence-corrected chi connectivity index (χ4v) is 5.88. The number of benzene rings is 1. The van der Waals surface area contributed by atoms with Crippen molar-refractivity contribution in [3.8, 4) is 5.75 Å². The Labute approximate surface area is 173 Å². The Morgan fingerprint density at radius 1 is 1.25 bits per heavy atom. The minimum atomic E-state index is -3.61. The maximum absolute atomic E-state index is 12.8. The van der Waals surface area contributed by atoms with Gasteiger partial charge in [-0.15, -0.1) is 11.8 Å². The van der Waals surface area contributed by atoms with Gasteiger partial charge in [0.1, 0.15) is 5.75 Å². The lowest BCUT2D eigenvalue weighted by molar-refractivity contribution is -0.113. The minimum absolute atomic E-state index is 0.0891. The van der Waals surface area contributed by atoms with Crippen LogP contribution in [0.2, 0.25) is 0 Å². The highest BCUT2D eigenvalue weighted by Crippen LogP contribution is 2.32. The lowest BCUT2D eigenvalue weighted by Gasteiger charge is -2.20. The minimum Gasteiger partial charge on any atom is -0.489 e. The Bertz CT molecular complexity index is 755. The number of anilines is 1. The molecule has 1 amide bonds. The van der Waals surface area contributed by atoms with Crippen LogP contribution in [-0.4, -0.2) is 48.8 Å². The lowest BCUT2D eigenvalue weighted by Crippen LogP contribution is -2.30. The summed E-state index contributed by atoms with van der Waals surface area (Å²) in [7, 11) is -3.61. The second-order valence-corrected chi connectivity index (χ2v) is 10.4. The maximum atomic E-state index is 12.8. The van der Waals surface area contributed by atoms with E-state index in [0.717, 1.165) is 12.8 Å². The van der Waals surface area contributed by atoms with E-state index in [-0.39, 0.29) is 16.9 Å². The summed E-state index contributed by atoms with van der Waals surface area (Å²) in [6.07, 6.45) is 4.70. The zero-order chi connectivity index (χ0) is 20.7. The standard InChI is InChI=1S/C20H32N2O4S2/c1-5-22(6-2)28(24,25)17-11-12-19(26-15(3)4)18(13-17)21-20(23)14-27-16-9-7-8-10-16/h11-13,15-16H,5-10,14H2,1-4H3,(H,21,23). The van der Waals surface area contributed by atoms with Crippen LogP contribution in [0, 0.1) is 0 Å². The van der Waals surface area contributed by atoms with Gasteiger partial charge in [-0.05, 0) is 44.9 Å². The van der Waals surface area contributed by atoms with Crippen LogP contribution in [0.3, 0.4) is 0 Å². The number of ether oxygens (including phenoxy) is 1. The van der Waals surface area contributed by atoms with E-state index >= 15 is 0 Å². The maximum Gasteiger partial charge on any atom is 0.243 e. The second kappa shape index (κ2) is 10.5. The van der Waals surface area contributed by atoms with Crippen LogP contribution in [0.15, 0.2) is 23.1 Å². The molecule has 6 nitrogen and oxygen atoms in total. The monoisotopic (exact) mass is 428 g/mol. The normalized spacial score (nSPS) is 15.4. The number of amides is 1. The van der Waals surface area contributed by atoms with Crippen LogP contribution in [-0.2, 0) is 14.8 Å². The molecule has 28 heavy (non-hydrogen) atoms. The molecule has 0 atom stereocenters. The van der Waals surface area contributed by atoms with E-state index in [2.05, 4.69) is 5.32 Å². The molecule has 0 aliphatic heterocycles. The highest BCUT2D eigenvalue weighted by molar-refractivity contribution is 8.00. The molecule has 1 N–H and O–H groups in total. The third-order valence-electron chi connectivity index (χ3n) is 4.68. The van der Waals surface area contributed by atoms with Crippen LogP contribution in [0.1, 0.15) is 53.4 Å². The summed E-state index contributed by atoms with van der Waals surface area (Å²) in [5.74, 6) is 0.703. The molecule has 1 aliphatic carbocycles. The lowest BCUT2D eigenvalue weighted by atomic mass is 10.3. The number of hydrogen-bond acceptors (Lipinski definition) is 5. The van der Waals surface area contributed by atoms with Crippen LogP contribution in [0.4, 0.5) is 5.69 Å². The van der Waals surface area contributed by atoms with Crippen LogP contribution in [0.5, 0.6) is 5.75 Å². The summed E-state index contributed by atoms with van der Waals surface area (Å²) in [5.41, 5.74) is 0.402. The van der Waals surface area contributed by atoms with E-state index in [9.17, 15) is 13.2 Å². The SMILES string of the molecule is CCN(CC)S(=O)(=O)c1ccc(OC(C)C)c(NC(=O)CSC2CCCC2)c1.